The van der Waals surface area contributed by atoms with Crippen LogP contribution in [0.2, 0.25) is 5.02 Å². The zero-order valence-electron chi connectivity index (χ0n) is 10.4. The van der Waals surface area contributed by atoms with Gasteiger partial charge in [-0.2, -0.15) is 0 Å². The molecular formula is C12H12ClN3O2S. The largest absolute Gasteiger partial charge is 0.264 e. The van der Waals surface area contributed by atoms with Crippen molar-refractivity contribution in [1.82, 2.24) is 9.97 Å². The Bertz CT molecular complexity index is 679. The summed E-state index contributed by atoms with van der Waals surface area (Å²) in [4.78, 5) is 8.18. The Morgan fingerprint density at radius 2 is 1.58 bits per heavy atom. The fourth-order valence-electron chi connectivity index (χ4n) is 1.56. The molecule has 0 amide bonds. The summed E-state index contributed by atoms with van der Waals surface area (Å²) in [6, 6.07) is 7.64. The van der Waals surface area contributed by atoms with Gasteiger partial charge in [-0.15, -0.1) is 0 Å². The number of nitrogens with one attached hydrogen (secondary N) is 1. The number of sulfonamides is 1. The van der Waals surface area contributed by atoms with Crippen molar-refractivity contribution in [1.29, 1.82) is 0 Å². The molecule has 1 aromatic heterocycles. The third-order valence-electron chi connectivity index (χ3n) is 2.33. The van der Waals surface area contributed by atoms with Gasteiger partial charge in [-0.05, 0) is 44.2 Å². The molecule has 0 unspecified atom stereocenters. The van der Waals surface area contributed by atoms with E-state index in [1.54, 1.807) is 19.9 Å². The molecule has 0 radical (unpaired) electrons. The Morgan fingerprint density at radius 1 is 1.05 bits per heavy atom. The average molecular weight is 298 g/mol. The Hall–Kier alpha value is -1.66. The van der Waals surface area contributed by atoms with Crippen LogP contribution in [0.3, 0.4) is 0 Å². The normalized spacial score (nSPS) is 11.3. The molecule has 0 saturated heterocycles. The first-order valence-corrected chi connectivity index (χ1v) is 7.33. The van der Waals surface area contributed by atoms with E-state index in [0.29, 0.717) is 16.4 Å². The zero-order chi connectivity index (χ0) is 14.0. The van der Waals surface area contributed by atoms with Crippen LogP contribution < -0.4 is 4.72 Å². The molecule has 0 aliphatic rings. The third-order valence-corrected chi connectivity index (χ3v) is 3.93. The highest BCUT2D eigenvalue weighted by Gasteiger charge is 2.15. The Balaban J connectivity index is 2.33. The summed E-state index contributed by atoms with van der Waals surface area (Å²) in [5.41, 5.74) is 1.39. The van der Waals surface area contributed by atoms with E-state index in [4.69, 9.17) is 11.6 Å². The van der Waals surface area contributed by atoms with Crippen molar-refractivity contribution in [2.75, 3.05) is 4.72 Å². The molecule has 19 heavy (non-hydrogen) atoms. The number of rotatable bonds is 3. The van der Waals surface area contributed by atoms with Gasteiger partial charge >= 0.3 is 0 Å². The lowest BCUT2D eigenvalue weighted by Crippen LogP contribution is -2.15. The van der Waals surface area contributed by atoms with Crippen molar-refractivity contribution >= 4 is 27.6 Å². The van der Waals surface area contributed by atoms with Gasteiger partial charge in [0.15, 0.2) is 0 Å². The molecule has 1 N–H and O–H groups in total. The number of aryl methyl sites for hydroxylation is 2. The Kier molecular flexibility index (Phi) is 3.73. The molecule has 0 aliphatic carbocycles. The van der Waals surface area contributed by atoms with Gasteiger partial charge in [-0.1, -0.05) is 11.6 Å². The summed E-state index contributed by atoms with van der Waals surface area (Å²) in [7, 11) is -3.70. The van der Waals surface area contributed by atoms with E-state index in [-0.39, 0.29) is 10.8 Å². The van der Waals surface area contributed by atoms with Gasteiger partial charge in [0, 0.05) is 16.4 Å². The minimum absolute atomic E-state index is 0.0625. The van der Waals surface area contributed by atoms with Crippen molar-refractivity contribution in [3.05, 3.63) is 46.7 Å². The minimum Gasteiger partial charge on any atom is -0.247 e. The lowest BCUT2D eigenvalue weighted by molar-refractivity contribution is 0.601. The Morgan fingerprint density at radius 3 is 2.11 bits per heavy atom. The van der Waals surface area contributed by atoms with Gasteiger partial charge in [0.1, 0.15) is 0 Å². The molecule has 2 aromatic rings. The van der Waals surface area contributed by atoms with Gasteiger partial charge in [-0.25, -0.2) is 23.1 Å². The van der Waals surface area contributed by atoms with Crippen LogP contribution in [0.25, 0.3) is 0 Å². The third kappa shape index (κ3) is 3.42. The number of halogens is 1. The average Bonchev–Trinajstić information content (AvgIpc) is 2.27. The van der Waals surface area contributed by atoms with Crippen LogP contribution in [-0.4, -0.2) is 18.4 Å². The summed E-state index contributed by atoms with van der Waals surface area (Å²) in [6.07, 6.45) is 0. The smallest absolute Gasteiger partial charge is 0.247 e. The standard InChI is InChI=1S/C12H12ClN3O2S/c1-8-7-9(2)15-12(14-8)16-19(17,18)11-5-3-10(13)4-6-11/h3-7H,1-2H3,(H,14,15,16). The van der Waals surface area contributed by atoms with E-state index >= 15 is 0 Å². The molecule has 0 atom stereocenters. The van der Waals surface area contributed by atoms with Gasteiger partial charge < -0.3 is 0 Å². The zero-order valence-corrected chi connectivity index (χ0v) is 12.0. The lowest BCUT2D eigenvalue weighted by atomic mass is 10.4. The van der Waals surface area contributed by atoms with Crippen molar-refractivity contribution in [2.24, 2.45) is 0 Å². The summed E-state index contributed by atoms with van der Waals surface area (Å²) in [5, 5.41) is 0.474. The van der Waals surface area contributed by atoms with Crippen LogP contribution in [0.15, 0.2) is 35.2 Å². The first kappa shape index (κ1) is 13.8. The number of hydrogen-bond donors (Lipinski definition) is 1. The van der Waals surface area contributed by atoms with Gasteiger partial charge in [0.25, 0.3) is 10.0 Å². The van der Waals surface area contributed by atoms with Crippen LogP contribution >= 0.6 is 11.6 Å². The van der Waals surface area contributed by atoms with Crippen molar-refractivity contribution in [3.63, 3.8) is 0 Å². The molecule has 0 saturated carbocycles. The summed E-state index contributed by atoms with van der Waals surface area (Å²) >= 11 is 5.72. The van der Waals surface area contributed by atoms with E-state index in [1.165, 1.54) is 24.3 Å². The minimum atomic E-state index is -3.70. The van der Waals surface area contributed by atoms with Crippen molar-refractivity contribution in [2.45, 2.75) is 18.7 Å². The van der Waals surface area contributed by atoms with Gasteiger partial charge in [0.05, 0.1) is 4.90 Å². The van der Waals surface area contributed by atoms with Crippen LogP contribution in [0.1, 0.15) is 11.4 Å². The first-order chi connectivity index (χ1) is 8.87. The number of anilines is 1. The molecule has 100 valence electrons. The molecule has 5 nitrogen and oxygen atoms in total. The van der Waals surface area contributed by atoms with Crippen molar-refractivity contribution in [3.8, 4) is 0 Å². The number of benzene rings is 1. The maximum Gasteiger partial charge on any atom is 0.264 e. The highest BCUT2D eigenvalue weighted by Crippen LogP contribution is 2.16. The second-order valence-electron chi connectivity index (χ2n) is 4.03. The molecule has 0 fully saturated rings. The summed E-state index contributed by atoms with van der Waals surface area (Å²) < 4.78 is 26.5. The fraction of sp³-hybridized carbons (Fsp3) is 0.167. The topological polar surface area (TPSA) is 72.0 Å². The summed E-state index contributed by atoms with van der Waals surface area (Å²) in [5.74, 6) is 0.0625. The van der Waals surface area contributed by atoms with Crippen LogP contribution in [-0.2, 0) is 10.0 Å². The number of aromatic nitrogens is 2. The van der Waals surface area contributed by atoms with E-state index in [0.717, 1.165) is 0 Å². The van der Waals surface area contributed by atoms with Crippen molar-refractivity contribution < 1.29 is 8.42 Å². The van der Waals surface area contributed by atoms with E-state index in [1.807, 2.05) is 0 Å². The molecule has 0 bridgehead atoms. The highest BCUT2D eigenvalue weighted by atomic mass is 35.5. The summed E-state index contributed by atoms with van der Waals surface area (Å²) in [6.45, 7) is 3.55. The second kappa shape index (κ2) is 5.14. The second-order valence-corrected chi connectivity index (χ2v) is 6.15. The maximum atomic E-state index is 12.1. The lowest BCUT2D eigenvalue weighted by Gasteiger charge is -2.07. The molecular weight excluding hydrogens is 286 g/mol. The quantitative estimate of drug-likeness (QED) is 0.945. The predicted molar refractivity (Wildman–Crippen MR) is 73.8 cm³/mol. The molecule has 0 aliphatic heterocycles. The first-order valence-electron chi connectivity index (χ1n) is 5.47. The maximum absolute atomic E-state index is 12.1. The molecule has 2 rings (SSSR count). The monoisotopic (exact) mass is 297 g/mol. The predicted octanol–water partition coefficient (Wildman–Crippen LogP) is 2.55. The van der Waals surface area contributed by atoms with E-state index in [9.17, 15) is 8.42 Å². The molecule has 0 spiro atoms. The Labute approximate surface area is 116 Å². The SMILES string of the molecule is Cc1cc(C)nc(NS(=O)(=O)c2ccc(Cl)cc2)n1. The van der Waals surface area contributed by atoms with Crippen LogP contribution in [0.4, 0.5) is 5.95 Å². The van der Waals surface area contributed by atoms with Crippen LogP contribution in [0.5, 0.6) is 0 Å². The molecule has 1 aromatic carbocycles. The highest BCUT2D eigenvalue weighted by molar-refractivity contribution is 7.92. The van der Waals surface area contributed by atoms with Crippen LogP contribution in [0, 0.1) is 13.8 Å². The number of hydrogen-bond acceptors (Lipinski definition) is 4. The van der Waals surface area contributed by atoms with E-state index < -0.39 is 10.0 Å². The number of nitrogens with zero attached hydrogens (tertiary/aromatic N) is 2. The van der Waals surface area contributed by atoms with Gasteiger partial charge in [0.2, 0.25) is 5.95 Å². The molecule has 7 heteroatoms. The van der Waals surface area contributed by atoms with Gasteiger partial charge in [-0.3, -0.25) is 0 Å². The fourth-order valence-corrected chi connectivity index (χ4v) is 2.63. The van der Waals surface area contributed by atoms with E-state index in [2.05, 4.69) is 14.7 Å². The molecule has 1 heterocycles.